The molecule has 0 saturated heterocycles. The van der Waals surface area contributed by atoms with E-state index in [-0.39, 0.29) is 22.6 Å². The van der Waals surface area contributed by atoms with E-state index in [2.05, 4.69) is 30.1 Å². The highest BCUT2D eigenvalue weighted by molar-refractivity contribution is 7.99. The molecule has 1 fully saturated rings. The third-order valence-corrected chi connectivity index (χ3v) is 8.10. The number of fused-ring (bicyclic) bond motifs is 4. The zero-order valence-corrected chi connectivity index (χ0v) is 21.2. The zero-order valence-electron chi connectivity index (χ0n) is 20.4. The Morgan fingerprint density at radius 1 is 1.14 bits per heavy atom. The van der Waals surface area contributed by atoms with E-state index < -0.39 is 0 Å². The number of aromatic nitrogens is 2. The number of anilines is 1. The van der Waals surface area contributed by atoms with Gasteiger partial charge in [0.15, 0.2) is 5.16 Å². The fourth-order valence-corrected chi connectivity index (χ4v) is 6.32. The van der Waals surface area contributed by atoms with E-state index in [1.165, 1.54) is 17.3 Å². The van der Waals surface area contributed by atoms with Crippen molar-refractivity contribution in [2.75, 3.05) is 11.1 Å². The highest BCUT2D eigenvalue weighted by Crippen LogP contribution is 2.49. The standard InChI is InChI=1S/C29H31N3O2S/c1-19(2)17-32-27(34)25-26(23-9-5-4-8-21(23)16-29(25)14-6-7-15-29)31-28(32)35-18-24(33)30-22-12-10-20(3)11-13-22/h4-5,8-13H,1,6-7,14-18H2,2-3H3,(H,30,33). The molecule has 6 heteroatoms. The second-order valence-corrected chi connectivity index (χ2v) is 10.9. The van der Waals surface area contributed by atoms with Crippen LogP contribution in [0.4, 0.5) is 5.69 Å². The molecule has 2 aliphatic rings. The molecule has 5 rings (SSSR count). The molecule has 0 bridgehead atoms. The molecule has 35 heavy (non-hydrogen) atoms. The predicted molar refractivity (Wildman–Crippen MR) is 143 cm³/mol. The Kier molecular flexibility index (Phi) is 6.41. The second kappa shape index (κ2) is 9.50. The first-order valence-electron chi connectivity index (χ1n) is 12.2. The van der Waals surface area contributed by atoms with Gasteiger partial charge in [-0.1, -0.05) is 78.7 Å². The lowest BCUT2D eigenvalue weighted by molar-refractivity contribution is -0.113. The summed E-state index contributed by atoms with van der Waals surface area (Å²) in [4.78, 5) is 31.9. The number of aryl methyl sites for hydroxylation is 1. The van der Waals surface area contributed by atoms with Gasteiger partial charge >= 0.3 is 0 Å². The molecule has 0 atom stereocenters. The highest BCUT2D eigenvalue weighted by atomic mass is 32.2. The SMILES string of the molecule is C=C(C)Cn1c(SCC(=O)Nc2ccc(C)cc2)nc2c(c1=O)C1(CCCC1)Cc1ccccc1-2. The monoisotopic (exact) mass is 485 g/mol. The van der Waals surface area contributed by atoms with Gasteiger partial charge in [0.05, 0.1) is 17.0 Å². The van der Waals surface area contributed by atoms with Gasteiger partial charge in [-0.25, -0.2) is 4.98 Å². The largest absolute Gasteiger partial charge is 0.325 e. The second-order valence-electron chi connectivity index (χ2n) is 9.99. The number of thioether (sulfide) groups is 1. The molecule has 0 aliphatic heterocycles. The van der Waals surface area contributed by atoms with E-state index in [1.54, 1.807) is 4.57 Å². The van der Waals surface area contributed by atoms with Gasteiger partial charge in [0.25, 0.3) is 5.56 Å². The van der Waals surface area contributed by atoms with Crippen molar-refractivity contribution in [3.63, 3.8) is 0 Å². The Morgan fingerprint density at radius 2 is 1.86 bits per heavy atom. The summed E-state index contributed by atoms with van der Waals surface area (Å²) in [5, 5.41) is 3.51. The Balaban J connectivity index is 1.53. The minimum atomic E-state index is -0.142. The van der Waals surface area contributed by atoms with E-state index in [9.17, 15) is 9.59 Å². The van der Waals surface area contributed by atoms with Crippen molar-refractivity contribution < 1.29 is 4.79 Å². The summed E-state index contributed by atoms with van der Waals surface area (Å²) in [6.45, 7) is 8.39. The van der Waals surface area contributed by atoms with Gasteiger partial charge in [0, 0.05) is 23.2 Å². The maximum absolute atomic E-state index is 14.1. The number of nitrogens with one attached hydrogen (secondary N) is 1. The number of hydrogen-bond donors (Lipinski definition) is 1. The van der Waals surface area contributed by atoms with Crippen LogP contribution in [0, 0.1) is 6.92 Å². The van der Waals surface area contributed by atoms with Gasteiger partial charge in [0.2, 0.25) is 5.91 Å². The maximum Gasteiger partial charge on any atom is 0.258 e. The van der Waals surface area contributed by atoms with Crippen LogP contribution < -0.4 is 10.9 Å². The summed E-state index contributed by atoms with van der Waals surface area (Å²) in [6, 6.07) is 16.0. The van der Waals surface area contributed by atoms with Crippen molar-refractivity contribution >= 4 is 23.4 Å². The maximum atomic E-state index is 14.1. The van der Waals surface area contributed by atoms with Crippen molar-refractivity contribution in [3.8, 4) is 11.3 Å². The number of amides is 1. The molecule has 1 N–H and O–H groups in total. The van der Waals surface area contributed by atoms with Crippen LogP contribution in [0.15, 0.2) is 70.6 Å². The van der Waals surface area contributed by atoms with Gasteiger partial charge in [0.1, 0.15) is 0 Å². The molecule has 2 aliphatic carbocycles. The summed E-state index contributed by atoms with van der Waals surface area (Å²) in [7, 11) is 0. The van der Waals surface area contributed by atoms with Gasteiger partial charge < -0.3 is 5.32 Å². The van der Waals surface area contributed by atoms with Crippen LogP contribution >= 0.6 is 11.8 Å². The highest BCUT2D eigenvalue weighted by Gasteiger charge is 2.44. The number of allylic oxidation sites excluding steroid dienone is 1. The first-order chi connectivity index (χ1) is 16.9. The number of nitrogens with zero attached hydrogens (tertiary/aromatic N) is 2. The van der Waals surface area contributed by atoms with E-state index in [1.807, 2.05) is 44.2 Å². The van der Waals surface area contributed by atoms with E-state index >= 15 is 0 Å². The molecule has 1 saturated carbocycles. The summed E-state index contributed by atoms with van der Waals surface area (Å²) < 4.78 is 1.74. The lowest BCUT2D eigenvalue weighted by atomic mass is 9.68. The third-order valence-electron chi connectivity index (χ3n) is 7.12. The average molecular weight is 486 g/mol. The summed E-state index contributed by atoms with van der Waals surface area (Å²) >= 11 is 1.31. The van der Waals surface area contributed by atoms with Crippen molar-refractivity contribution in [2.45, 2.75) is 63.1 Å². The van der Waals surface area contributed by atoms with Crippen molar-refractivity contribution in [2.24, 2.45) is 0 Å². The topological polar surface area (TPSA) is 64.0 Å². The molecular formula is C29H31N3O2S. The summed E-state index contributed by atoms with van der Waals surface area (Å²) in [5.41, 5.74) is 6.64. The van der Waals surface area contributed by atoms with Gasteiger partial charge in [-0.3, -0.25) is 14.2 Å². The lowest BCUT2D eigenvalue weighted by Gasteiger charge is -2.36. The molecule has 1 amide bonds. The quantitative estimate of drug-likeness (QED) is 0.268. The van der Waals surface area contributed by atoms with Gasteiger partial charge in [-0.2, -0.15) is 0 Å². The Labute approximate surface area is 210 Å². The molecule has 3 aromatic rings. The van der Waals surface area contributed by atoms with Crippen molar-refractivity contribution in [1.82, 2.24) is 9.55 Å². The first-order valence-corrected chi connectivity index (χ1v) is 13.2. The first kappa shape index (κ1) is 23.6. The van der Waals surface area contributed by atoms with Crippen molar-refractivity contribution in [3.05, 3.63) is 87.7 Å². The van der Waals surface area contributed by atoms with Crippen LogP contribution in [0.5, 0.6) is 0 Å². The molecule has 5 nitrogen and oxygen atoms in total. The fraction of sp³-hybridized carbons (Fsp3) is 0.345. The number of benzene rings is 2. The smallest absolute Gasteiger partial charge is 0.258 e. The van der Waals surface area contributed by atoms with Gasteiger partial charge in [-0.05, 0) is 50.8 Å². The molecule has 180 valence electrons. The van der Waals surface area contributed by atoms with E-state index in [0.717, 1.165) is 65.7 Å². The normalized spacial score (nSPS) is 15.5. The van der Waals surface area contributed by atoms with Crippen LogP contribution in [0.25, 0.3) is 11.3 Å². The minimum absolute atomic E-state index is 0.0239. The molecule has 2 aromatic carbocycles. The third kappa shape index (κ3) is 4.59. The number of carbonyl (C=O) groups is 1. The van der Waals surface area contributed by atoms with Crippen LogP contribution in [0.2, 0.25) is 0 Å². The lowest BCUT2D eigenvalue weighted by Crippen LogP contribution is -2.40. The number of hydrogen-bond acceptors (Lipinski definition) is 4. The summed E-state index contributed by atoms with van der Waals surface area (Å²) in [6.07, 6.45) is 5.20. The molecule has 0 unspecified atom stereocenters. The van der Waals surface area contributed by atoms with Crippen LogP contribution in [-0.4, -0.2) is 21.2 Å². The molecule has 1 heterocycles. The average Bonchev–Trinajstić information content (AvgIpc) is 3.29. The predicted octanol–water partition coefficient (Wildman–Crippen LogP) is 5.89. The van der Waals surface area contributed by atoms with E-state index in [0.29, 0.717) is 11.7 Å². The Morgan fingerprint density at radius 3 is 2.57 bits per heavy atom. The molecule has 1 aromatic heterocycles. The van der Waals surface area contributed by atoms with Gasteiger partial charge in [-0.15, -0.1) is 0 Å². The van der Waals surface area contributed by atoms with Crippen molar-refractivity contribution in [1.29, 1.82) is 0 Å². The molecular weight excluding hydrogens is 454 g/mol. The fourth-order valence-electron chi connectivity index (χ4n) is 5.53. The number of carbonyl (C=O) groups excluding carboxylic acids is 1. The minimum Gasteiger partial charge on any atom is -0.325 e. The number of rotatable bonds is 6. The van der Waals surface area contributed by atoms with E-state index in [4.69, 9.17) is 4.98 Å². The molecule has 1 spiro atoms. The molecule has 0 radical (unpaired) electrons. The van der Waals surface area contributed by atoms with Crippen LogP contribution in [0.3, 0.4) is 0 Å². The van der Waals surface area contributed by atoms with Crippen LogP contribution in [0.1, 0.15) is 49.3 Å². The summed E-state index contributed by atoms with van der Waals surface area (Å²) in [5.74, 6) is 0.0441. The van der Waals surface area contributed by atoms with Crippen LogP contribution in [-0.2, 0) is 23.2 Å². The zero-order chi connectivity index (χ0) is 24.6. The Hall–Kier alpha value is -3.12. The Bertz CT molecular complexity index is 1350.